The van der Waals surface area contributed by atoms with E-state index in [0.29, 0.717) is 43.5 Å². The van der Waals surface area contributed by atoms with Gasteiger partial charge in [0.1, 0.15) is 11.6 Å². The van der Waals surface area contributed by atoms with Crippen molar-refractivity contribution in [2.45, 2.75) is 70.9 Å². The number of H-pyrrole nitrogens is 1. The minimum Gasteiger partial charge on any atom is -0.444 e. The zero-order valence-electron chi connectivity index (χ0n) is 24.9. The second kappa shape index (κ2) is 14.3. The van der Waals surface area contributed by atoms with E-state index in [1.807, 2.05) is 24.3 Å². The lowest BCUT2D eigenvalue weighted by Crippen LogP contribution is -2.52. The first-order chi connectivity index (χ1) is 20.8. The van der Waals surface area contributed by atoms with Gasteiger partial charge >= 0.3 is 6.09 Å². The molecule has 10 nitrogen and oxygen atoms in total. The number of carbonyl (C=O) groups is 3. The Morgan fingerprint density at radius 1 is 1.07 bits per heavy atom. The Balaban J connectivity index is 1.54. The monoisotopic (exact) mass is 674 g/mol. The molecule has 0 spiro atoms. The number of aromatic amines is 1. The molecule has 3 amide bonds. The van der Waals surface area contributed by atoms with Crippen LogP contribution in [0.5, 0.6) is 0 Å². The number of hydrogen-bond donors (Lipinski definition) is 3. The number of primary amides is 1. The van der Waals surface area contributed by atoms with Crippen molar-refractivity contribution in [2.24, 2.45) is 17.6 Å². The van der Waals surface area contributed by atoms with Gasteiger partial charge in [-0.25, -0.2) is 18.6 Å². The minimum atomic E-state index is -2.81. The SMILES string of the molecule is CC(C)(C)OC(=O)NC[C@H]1CC[C@H](C(=O)N(c2ccc(-c3nc(C(F)F)n[nH]3)cc2)[C@@H](Cc2ccc(Br)cc2)C(N)=O)CC1. The summed E-state index contributed by atoms with van der Waals surface area (Å²) in [6, 6.07) is 13.0. The maximum atomic E-state index is 14.2. The van der Waals surface area contributed by atoms with Crippen LogP contribution in [0, 0.1) is 11.8 Å². The van der Waals surface area contributed by atoms with Gasteiger partial charge < -0.3 is 15.8 Å². The van der Waals surface area contributed by atoms with Gasteiger partial charge in [0.25, 0.3) is 6.43 Å². The van der Waals surface area contributed by atoms with Crippen LogP contribution >= 0.6 is 15.9 Å². The number of anilines is 1. The van der Waals surface area contributed by atoms with Gasteiger partial charge in [-0.15, -0.1) is 0 Å². The van der Waals surface area contributed by atoms with Gasteiger partial charge in [0.05, 0.1) is 0 Å². The van der Waals surface area contributed by atoms with Gasteiger partial charge in [-0.1, -0.05) is 28.1 Å². The summed E-state index contributed by atoms with van der Waals surface area (Å²) in [6.07, 6.45) is -0.511. The van der Waals surface area contributed by atoms with Crippen LogP contribution in [0.2, 0.25) is 0 Å². The van der Waals surface area contributed by atoms with Gasteiger partial charge in [0.2, 0.25) is 17.6 Å². The highest BCUT2D eigenvalue weighted by molar-refractivity contribution is 9.10. The summed E-state index contributed by atoms with van der Waals surface area (Å²) >= 11 is 3.41. The highest BCUT2D eigenvalue weighted by Crippen LogP contribution is 2.33. The van der Waals surface area contributed by atoms with Crippen molar-refractivity contribution in [3.8, 4) is 11.4 Å². The number of halogens is 3. The average molecular weight is 676 g/mol. The summed E-state index contributed by atoms with van der Waals surface area (Å²) in [6.45, 7) is 5.85. The molecule has 2 aromatic carbocycles. The Morgan fingerprint density at radius 2 is 1.70 bits per heavy atom. The molecule has 4 N–H and O–H groups in total. The van der Waals surface area contributed by atoms with E-state index >= 15 is 0 Å². The summed E-state index contributed by atoms with van der Waals surface area (Å²) in [5.74, 6) is -1.50. The number of carbonyl (C=O) groups excluding carboxylic acids is 3. The fourth-order valence-electron chi connectivity index (χ4n) is 5.26. The first kappa shape index (κ1) is 33.0. The molecule has 0 aliphatic heterocycles. The number of rotatable bonds is 10. The van der Waals surface area contributed by atoms with Gasteiger partial charge in [0.15, 0.2) is 5.82 Å². The number of amides is 3. The van der Waals surface area contributed by atoms with Crippen LogP contribution in [0.1, 0.15) is 64.3 Å². The summed E-state index contributed by atoms with van der Waals surface area (Å²) in [5, 5.41) is 8.86. The Bertz CT molecular complexity index is 1430. The summed E-state index contributed by atoms with van der Waals surface area (Å²) in [5.41, 5.74) is 7.08. The van der Waals surface area contributed by atoms with Crippen LogP contribution in [0.4, 0.5) is 19.3 Å². The van der Waals surface area contributed by atoms with E-state index in [2.05, 4.69) is 36.4 Å². The molecule has 0 unspecified atom stereocenters. The molecule has 1 aromatic heterocycles. The molecule has 13 heteroatoms. The normalized spacial score (nSPS) is 17.6. The molecule has 1 saturated carbocycles. The molecular weight excluding hydrogens is 638 g/mol. The molecule has 3 aromatic rings. The van der Waals surface area contributed by atoms with E-state index in [1.165, 1.54) is 4.90 Å². The zero-order valence-corrected chi connectivity index (χ0v) is 26.4. The fraction of sp³-hybridized carbons (Fsp3) is 0.452. The molecule has 1 heterocycles. The van der Waals surface area contributed by atoms with E-state index in [0.717, 1.165) is 10.0 Å². The van der Waals surface area contributed by atoms with E-state index in [4.69, 9.17) is 10.5 Å². The number of hydrogen-bond acceptors (Lipinski definition) is 6. The smallest absolute Gasteiger partial charge is 0.407 e. The lowest BCUT2D eigenvalue weighted by Gasteiger charge is -2.36. The second-order valence-corrected chi connectivity index (χ2v) is 12.9. The molecule has 1 aliphatic carbocycles. The van der Waals surface area contributed by atoms with Gasteiger partial charge in [-0.2, -0.15) is 5.10 Å². The molecule has 0 radical (unpaired) electrons. The van der Waals surface area contributed by atoms with Crippen LogP contribution in [-0.2, 0) is 20.7 Å². The van der Waals surface area contributed by atoms with Gasteiger partial charge in [-0.05, 0) is 94.3 Å². The standard InChI is InChI=1S/C31H37BrF2N6O4/c1-31(2,3)44-30(43)36-17-19-4-8-21(9-5-19)29(42)40(24(26(35)41)16-18-6-12-22(32)13-7-18)23-14-10-20(11-15-23)27-37-28(25(33)34)39-38-27/h6-7,10-15,19,21,24-25H,4-5,8-9,16-17H2,1-3H3,(H2,35,41)(H,36,43)(H,37,38,39)/t19-,21-,24-/m0/s1. The molecule has 1 aliphatic rings. The molecule has 0 saturated heterocycles. The van der Waals surface area contributed by atoms with Gasteiger partial charge in [0, 0.05) is 34.6 Å². The molecule has 0 bridgehead atoms. The highest BCUT2D eigenvalue weighted by Gasteiger charge is 2.36. The Hall–Kier alpha value is -3.87. The van der Waals surface area contributed by atoms with E-state index in [1.54, 1.807) is 45.0 Å². The molecule has 236 valence electrons. The largest absolute Gasteiger partial charge is 0.444 e. The van der Waals surface area contributed by atoms with Crippen LogP contribution in [-0.4, -0.2) is 51.3 Å². The number of nitrogens with two attached hydrogens (primary N) is 1. The molecule has 1 fully saturated rings. The number of aromatic nitrogens is 3. The number of nitrogens with one attached hydrogen (secondary N) is 2. The zero-order chi connectivity index (χ0) is 32.0. The predicted molar refractivity (Wildman–Crippen MR) is 165 cm³/mol. The lowest BCUT2D eigenvalue weighted by molar-refractivity contribution is -0.127. The predicted octanol–water partition coefficient (Wildman–Crippen LogP) is 5.93. The van der Waals surface area contributed by atoms with Gasteiger partial charge in [-0.3, -0.25) is 19.6 Å². The topological polar surface area (TPSA) is 143 Å². The molecule has 1 atom stereocenters. The number of benzene rings is 2. The third-order valence-corrected chi connectivity index (χ3v) is 8.00. The number of nitrogens with zero attached hydrogens (tertiary/aromatic N) is 3. The third-order valence-electron chi connectivity index (χ3n) is 7.47. The third kappa shape index (κ3) is 8.84. The van der Waals surface area contributed by atoms with Crippen LogP contribution < -0.4 is 16.0 Å². The van der Waals surface area contributed by atoms with Crippen molar-refractivity contribution in [1.82, 2.24) is 20.5 Å². The maximum Gasteiger partial charge on any atom is 0.407 e. The van der Waals surface area contributed by atoms with E-state index < -0.39 is 35.9 Å². The molecular formula is C31H37BrF2N6O4. The van der Waals surface area contributed by atoms with Crippen molar-refractivity contribution >= 4 is 39.5 Å². The quantitative estimate of drug-likeness (QED) is 0.243. The van der Waals surface area contributed by atoms with Crippen LogP contribution in [0.15, 0.2) is 53.0 Å². The fourth-order valence-corrected chi connectivity index (χ4v) is 5.52. The highest BCUT2D eigenvalue weighted by atomic mass is 79.9. The molecule has 44 heavy (non-hydrogen) atoms. The number of alkyl carbamates (subject to hydrolysis) is 1. The number of ether oxygens (including phenoxy) is 1. The van der Waals surface area contributed by atoms with Crippen molar-refractivity contribution in [1.29, 1.82) is 0 Å². The summed E-state index contributed by atoms with van der Waals surface area (Å²) in [7, 11) is 0. The first-order valence-corrected chi connectivity index (χ1v) is 15.2. The van der Waals surface area contributed by atoms with Crippen molar-refractivity contribution in [3.63, 3.8) is 0 Å². The summed E-state index contributed by atoms with van der Waals surface area (Å²) in [4.78, 5) is 44.4. The van der Waals surface area contributed by atoms with E-state index in [-0.39, 0.29) is 30.0 Å². The lowest BCUT2D eigenvalue weighted by atomic mass is 9.81. The summed E-state index contributed by atoms with van der Waals surface area (Å²) < 4.78 is 32.2. The number of alkyl halides is 2. The first-order valence-electron chi connectivity index (χ1n) is 14.4. The van der Waals surface area contributed by atoms with Crippen molar-refractivity contribution in [2.75, 3.05) is 11.4 Å². The van der Waals surface area contributed by atoms with Crippen molar-refractivity contribution in [3.05, 3.63) is 64.4 Å². The Kier molecular flexibility index (Phi) is 10.7. The second-order valence-electron chi connectivity index (χ2n) is 11.9. The minimum absolute atomic E-state index is 0.157. The van der Waals surface area contributed by atoms with Crippen molar-refractivity contribution < 1.29 is 27.9 Å². The molecule has 4 rings (SSSR count). The van der Waals surface area contributed by atoms with Crippen LogP contribution in [0.25, 0.3) is 11.4 Å². The Labute approximate surface area is 263 Å². The maximum absolute atomic E-state index is 14.2. The van der Waals surface area contributed by atoms with E-state index in [9.17, 15) is 23.2 Å². The average Bonchev–Trinajstić information content (AvgIpc) is 3.47. The van der Waals surface area contributed by atoms with Crippen LogP contribution in [0.3, 0.4) is 0 Å². The Morgan fingerprint density at radius 3 is 2.25 bits per heavy atom.